The molecular formula is C14H17N5O3S. The molecule has 0 aromatic carbocycles. The van der Waals surface area contributed by atoms with Crippen molar-refractivity contribution >= 4 is 15.9 Å². The number of aromatic amines is 1. The molecular weight excluding hydrogens is 318 g/mol. The summed E-state index contributed by atoms with van der Waals surface area (Å²) in [6, 6.07) is 5.16. The molecule has 0 saturated carbocycles. The van der Waals surface area contributed by atoms with Crippen molar-refractivity contribution in [2.45, 2.75) is 11.4 Å². The average Bonchev–Trinajstić information content (AvgIpc) is 3.00. The van der Waals surface area contributed by atoms with Crippen LogP contribution in [-0.2, 0) is 10.0 Å². The molecule has 2 aromatic rings. The van der Waals surface area contributed by atoms with Crippen molar-refractivity contribution in [2.24, 2.45) is 0 Å². The van der Waals surface area contributed by atoms with E-state index in [4.69, 9.17) is 0 Å². The highest BCUT2D eigenvalue weighted by molar-refractivity contribution is 7.89. The number of sulfonamides is 1. The van der Waals surface area contributed by atoms with Crippen molar-refractivity contribution in [1.82, 2.24) is 24.2 Å². The number of amides is 1. The van der Waals surface area contributed by atoms with E-state index in [0.717, 1.165) is 0 Å². The lowest BCUT2D eigenvalue weighted by atomic mass is 10.3. The molecule has 1 saturated heterocycles. The fourth-order valence-corrected chi connectivity index (χ4v) is 3.88. The lowest BCUT2D eigenvalue weighted by Gasteiger charge is -2.21. The number of imidazole rings is 1. The van der Waals surface area contributed by atoms with Gasteiger partial charge in [-0.05, 0) is 18.6 Å². The molecule has 1 aliphatic rings. The van der Waals surface area contributed by atoms with Crippen LogP contribution in [0, 0.1) is 0 Å². The monoisotopic (exact) mass is 335 g/mol. The molecule has 1 aliphatic heterocycles. The van der Waals surface area contributed by atoms with Gasteiger partial charge in [-0.25, -0.2) is 13.4 Å². The zero-order chi connectivity index (χ0) is 16.3. The summed E-state index contributed by atoms with van der Waals surface area (Å²) in [5, 5.41) is 0.0713. The van der Waals surface area contributed by atoms with Crippen molar-refractivity contribution in [1.29, 1.82) is 0 Å². The molecule has 0 radical (unpaired) electrons. The number of nitrogens with one attached hydrogen (secondary N) is 1. The zero-order valence-corrected chi connectivity index (χ0v) is 13.2. The van der Waals surface area contributed by atoms with Gasteiger partial charge in [-0.3, -0.25) is 9.78 Å². The number of pyridine rings is 1. The summed E-state index contributed by atoms with van der Waals surface area (Å²) in [5.74, 6) is -0.175. The zero-order valence-electron chi connectivity index (χ0n) is 12.4. The first kappa shape index (κ1) is 15.6. The normalized spacial score (nSPS) is 17.0. The molecule has 0 atom stereocenters. The second-order valence-corrected chi connectivity index (χ2v) is 7.09. The van der Waals surface area contributed by atoms with Crippen LogP contribution >= 0.6 is 0 Å². The van der Waals surface area contributed by atoms with E-state index in [1.54, 1.807) is 29.3 Å². The van der Waals surface area contributed by atoms with E-state index < -0.39 is 10.0 Å². The lowest BCUT2D eigenvalue weighted by Crippen LogP contribution is -2.37. The summed E-state index contributed by atoms with van der Waals surface area (Å²) >= 11 is 0. The Balaban J connectivity index is 1.72. The number of aromatic nitrogens is 3. The van der Waals surface area contributed by atoms with Gasteiger partial charge in [0, 0.05) is 32.4 Å². The van der Waals surface area contributed by atoms with Gasteiger partial charge >= 0.3 is 0 Å². The highest BCUT2D eigenvalue weighted by atomic mass is 32.2. The van der Waals surface area contributed by atoms with Crippen molar-refractivity contribution in [3.05, 3.63) is 42.6 Å². The summed E-state index contributed by atoms with van der Waals surface area (Å²) in [7, 11) is -3.59. The molecule has 23 heavy (non-hydrogen) atoms. The maximum absolute atomic E-state index is 12.5. The first-order valence-electron chi connectivity index (χ1n) is 7.28. The molecule has 0 aliphatic carbocycles. The lowest BCUT2D eigenvalue weighted by molar-refractivity contribution is 0.0758. The molecule has 2 aromatic heterocycles. The number of carbonyl (C=O) groups is 1. The Morgan fingerprint density at radius 2 is 2.04 bits per heavy atom. The molecule has 1 N–H and O–H groups in total. The van der Waals surface area contributed by atoms with E-state index in [1.165, 1.54) is 16.8 Å². The van der Waals surface area contributed by atoms with Gasteiger partial charge in [0.25, 0.3) is 15.9 Å². The third-order valence-electron chi connectivity index (χ3n) is 3.72. The molecule has 1 fully saturated rings. The van der Waals surface area contributed by atoms with Gasteiger partial charge in [0.2, 0.25) is 0 Å². The topological polar surface area (TPSA) is 99.3 Å². The standard InChI is InChI=1S/C14H17N5O3S/c20-14(12-4-1-2-5-16-12)18-6-3-7-19(9-8-18)23(21,22)13-10-15-11-17-13/h1-2,4-5,10-11H,3,6-9H2,(H,15,17). The maximum Gasteiger partial charge on any atom is 0.272 e. The van der Waals surface area contributed by atoms with Crippen LogP contribution in [0.1, 0.15) is 16.9 Å². The minimum absolute atomic E-state index is 0.0713. The number of nitrogens with zero attached hydrogens (tertiary/aromatic N) is 4. The number of rotatable bonds is 3. The Labute approximate surface area is 134 Å². The second-order valence-electron chi connectivity index (χ2n) is 5.18. The molecule has 3 rings (SSSR count). The highest BCUT2D eigenvalue weighted by Gasteiger charge is 2.29. The fourth-order valence-electron chi connectivity index (χ4n) is 2.51. The third-order valence-corrected chi connectivity index (χ3v) is 5.54. The molecule has 0 spiro atoms. The van der Waals surface area contributed by atoms with Crippen LogP contribution in [0.25, 0.3) is 0 Å². The van der Waals surface area contributed by atoms with Crippen molar-refractivity contribution < 1.29 is 13.2 Å². The van der Waals surface area contributed by atoms with Gasteiger partial charge in [0.15, 0.2) is 5.03 Å². The first-order chi connectivity index (χ1) is 11.1. The molecule has 3 heterocycles. The van der Waals surface area contributed by atoms with Crippen LogP contribution < -0.4 is 0 Å². The van der Waals surface area contributed by atoms with Crippen molar-refractivity contribution in [3.63, 3.8) is 0 Å². The number of hydrogen-bond donors (Lipinski definition) is 1. The highest BCUT2D eigenvalue weighted by Crippen LogP contribution is 2.16. The van der Waals surface area contributed by atoms with Gasteiger partial charge < -0.3 is 9.88 Å². The molecule has 8 nitrogen and oxygen atoms in total. The fraction of sp³-hybridized carbons (Fsp3) is 0.357. The Morgan fingerprint density at radius 3 is 2.74 bits per heavy atom. The summed E-state index contributed by atoms with van der Waals surface area (Å²) < 4.78 is 26.4. The minimum Gasteiger partial charge on any atom is -0.336 e. The molecule has 9 heteroatoms. The number of H-pyrrole nitrogens is 1. The van der Waals surface area contributed by atoms with Crippen LogP contribution in [0.4, 0.5) is 0 Å². The maximum atomic E-state index is 12.5. The van der Waals surface area contributed by atoms with Crippen LogP contribution in [0.2, 0.25) is 0 Å². The Hall–Kier alpha value is -2.26. The van der Waals surface area contributed by atoms with E-state index in [2.05, 4.69) is 15.0 Å². The number of hydrogen-bond acceptors (Lipinski definition) is 5. The van der Waals surface area contributed by atoms with Crippen molar-refractivity contribution in [2.75, 3.05) is 26.2 Å². The van der Waals surface area contributed by atoms with Crippen molar-refractivity contribution in [3.8, 4) is 0 Å². The largest absolute Gasteiger partial charge is 0.336 e. The molecule has 1 amide bonds. The van der Waals surface area contributed by atoms with Crippen LogP contribution in [0.5, 0.6) is 0 Å². The van der Waals surface area contributed by atoms with E-state index in [1.807, 2.05) is 0 Å². The first-order valence-corrected chi connectivity index (χ1v) is 8.72. The van der Waals surface area contributed by atoms with Crippen LogP contribution in [0.15, 0.2) is 41.9 Å². The minimum atomic E-state index is -3.59. The quantitative estimate of drug-likeness (QED) is 0.872. The van der Waals surface area contributed by atoms with Crippen LogP contribution in [0.3, 0.4) is 0 Å². The number of carbonyl (C=O) groups excluding carboxylic acids is 1. The smallest absolute Gasteiger partial charge is 0.272 e. The van der Waals surface area contributed by atoms with E-state index >= 15 is 0 Å². The van der Waals surface area contributed by atoms with Gasteiger partial charge in [-0.15, -0.1) is 0 Å². The Bertz CT molecular complexity index is 761. The van der Waals surface area contributed by atoms with Crippen LogP contribution in [-0.4, -0.2) is 64.7 Å². The summed E-state index contributed by atoms with van der Waals surface area (Å²) in [6.45, 7) is 1.46. The summed E-state index contributed by atoms with van der Waals surface area (Å²) in [6.07, 6.45) is 4.77. The van der Waals surface area contributed by atoms with Gasteiger partial charge in [0.05, 0.1) is 12.5 Å². The molecule has 0 unspecified atom stereocenters. The molecule has 0 bridgehead atoms. The van der Waals surface area contributed by atoms with E-state index in [0.29, 0.717) is 31.7 Å². The average molecular weight is 335 g/mol. The summed E-state index contributed by atoms with van der Waals surface area (Å²) in [4.78, 5) is 24.5. The SMILES string of the molecule is O=C(c1ccccn1)N1CCCN(S(=O)(=O)c2cnc[nH]2)CC1. The second kappa shape index (κ2) is 6.47. The van der Waals surface area contributed by atoms with Gasteiger partial charge in [0.1, 0.15) is 5.69 Å². The Morgan fingerprint density at radius 1 is 1.17 bits per heavy atom. The predicted molar refractivity (Wildman–Crippen MR) is 82.1 cm³/mol. The Kier molecular flexibility index (Phi) is 4.39. The molecule has 122 valence electrons. The van der Waals surface area contributed by atoms with E-state index in [9.17, 15) is 13.2 Å². The summed E-state index contributed by atoms with van der Waals surface area (Å²) in [5.41, 5.74) is 0.373. The third kappa shape index (κ3) is 3.25. The van der Waals surface area contributed by atoms with Gasteiger partial charge in [-0.1, -0.05) is 6.07 Å². The van der Waals surface area contributed by atoms with E-state index in [-0.39, 0.29) is 17.5 Å². The predicted octanol–water partition coefficient (Wildman–Crippen LogP) is 0.341. The van der Waals surface area contributed by atoms with Gasteiger partial charge in [-0.2, -0.15) is 4.31 Å².